The fraction of sp³-hybridized carbons (Fsp3) is 0.808. The minimum absolute atomic E-state index is 0. The lowest BCUT2D eigenvalue weighted by molar-refractivity contribution is -0.301. The summed E-state index contributed by atoms with van der Waals surface area (Å²) in [5.74, 6) is -0.897. The lowest BCUT2D eigenvalue weighted by Crippen LogP contribution is -2.59. The number of carbonyl (C=O) groups excluding carboxylic acids is 5. The molecule has 5 heterocycles. The molecule has 36 nitrogen and oxygen atoms in total. The maximum atomic E-state index is 12.0. The van der Waals surface area contributed by atoms with Gasteiger partial charge in [0, 0.05) is 76.2 Å². The van der Waals surface area contributed by atoms with Gasteiger partial charge in [-0.1, -0.05) is 63.1 Å². The van der Waals surface area contributed by atoms with Gasteiger partial charge in [-0.15, -0.1) is 11.8 Å². The van der Waals surface area contributed by atoms with Crippen LogP contribution in [-0.2, 0) is 61.8 Å². The molecule has 1 aromatic carbocycles. The van der Waals surface area contributed by atoms with Gasteiger partial charge in [-0.3, -0.25) is 24.0 Å². The van der Waals surface area contributed by atoms with Crippen LogP contribution in [0.1, 0.15) is 183 Å². The van der Waals surface area contributed by atoms with Gasteiger partial charge in [-0.2, -0.15) is 13.2 Å². The Morgan fingerprint density at radius 2 is 0.737 bits per heavy atom. The van der Waals surface area contributed by atoms with Crippen molar-refractivity contribution < 1.29 is 182 Å². The summed E-state index contributed by atoms with van der Waals surface area (Å²) < 4.78 is 82.9. The first-order valence-corrected chi connectivity index (χ1v) is 38.7. The number of carbonyl (C=O) groups is 5. The zero-order valence-corrected chi connectivity index (χ0v) is 64.3. The topological polar surface area (TPSA) is 625 Å². The van der Waals surface area contributed by atoms with E-state index >= 15 is 0 Å². The first-order valence-electron chi connectivity index (χ1n) is 37.7. The standard InChI is InChI=1S/C17H25NO7.C17H33NO6S.C14H24O7.C13H22O7.C12H19F3O7.5CH4/c18-11-6-4-10(5-7-11)12(20)3-1-2-8-24-17-16(23)15(22)14(21)13(9-19)25-17;18-9-5-2-1-3-7-12(20)8-4-6-10-25-17-16(23)15(22)14(21)13(11-19)24-17;1-8(2)9(16)5-3-4-6-20-14-13(19)12(18)11(17)10(7-15)21-14;1-2-8(15)5-3-4-6-19-13-12(18)11(17)10(16)9(7-14)20-13;13-12(14,15)7(17)3-1-2-4-21-11-10(20)9(19)8(18)6(5-16)22-11;;;;;/h4-7,13-17,19,21-23H,1-3,8-9,18H2;13-17,19,21-23H,1-11,18H2;10-15,17-19H,1,3-7H2,2H3;2,9-14,16-18H,1,3-7H2;6,8-11,16,18-20H,1-5H2;5*1H4. The Bertz CT molecular complexity index is 2810. The smallest absolute Gasteiger partial charge is 0.399 e. The number of rotatable bonds is 44. The Labute approximate surface area is 694 Å². The van der Waals surface area contributed by atoms with Gasteiger partial charge in [0.15, 0.2) is 42.5 Å². The summed E-state index contributed by atoms with van der Waals surface area (Å²) in [6.07, 6.45) is -23.5. The zero-order valence-electron chi connectivity index (χ0n) is 63.5. The van der Waals surface area contributed by atoms with E-state index in [-0.39, 0.29) is 99.5 Å². The van der Waals surface area contributed by atoms with Crippen LogP contribution in [0.5, 0.6) is 0 Å². The van der Waals surface area contributed by atoms with Gasteiger partial charge in [0.05, 0.1) is 33.0 Å². The number of hydrogen-bond acceptors (Lipinski definition) is 37. The molecule has 0 radical (unpaired) electrons. The molecular weight excluding hydrogens is 1600 g/mol. The van der Waals surface area contributed by atoms with E-state index in [0.29, 0.717) is 99.8 Å². The van der Waals surface area contributed by atoms with E-state index in [4.69, 9.17) is 79.6 Å². The minimum Gasteiger partial charge on any atom is -0.399 e. The number of aliphatic hydroxyl groups is 20. The van der Waals surface area contributed by atoms with Gasteiger partial charge >= 0.3 is 6.18 Å². The molecule has 0 saturated carbocycles. The van der Waals surface area contributed by atoms with E-state index in [1.54, 1.807) is 31.2 Å². The van der Waals surface area contributed by atoms with Gasteiger partial charge in [0.1, 0.15) is 133 Å². The quantitative estimate of drug-likeness (QED) is 0.0173. The minimum atomic E-state index is -4.85. The number of alkyl halides is 3. The maximum Gasteiger partial charge on any atom is 0.449 e. The van der Waals surface area contributed by atoms with Crippen LogP contribution in [0.4, 0.5) is 18.9 Å². The molecule has 5 fully saturated rings. The number of anilines is 1. The van der Waals surface area contributed by atoms with Crippen molar-refractivity contribution in [2.75, 3.05) is 77.5 Å². The molecule has 0 spiro atoms. The molecule has 25 unspecified atom stereocenters. The lowest BCUT2D eigenvalue weighted by Gasteiger charge is -2.39. The van der Waals surface area contributed by atoms with Gasteiger partial charge in [0.25, 0.3) is 0 Å². The highest BCUT2D eigenvalue weighted by molar-refractivity contribution is 7.99. The van der Waals surface area contributed by atoms with Crippen molar-refractivity contribution in [2.24, 2.45) is 5.73 Å². The average Bonchev–Trinajstić information content (AvgIpc) is 0.844. The molecule has 0 aromatic heterocycles. The van der Waals surface area contributed by atoms with Crippen LogP contribution in [0.3, 0.4) is 0 Å². The molecule has 0 amide bonds. The van der Waals surface area contributed by atoms with E-state index in [9.17, 15) is 114 Å². The average molecular weight is 1740 g/mol. The molecule has 0 aliphatic carbocycles. The van der Waals surface area contributed by atoms with Crippen molar-refractivity contribution in [1.29, 1.82) is 0 Å². The van der Waals surface area contributed by atoms with E-state index < -0.39 is 204 Å². The molecule has 6 rings (SSSR count). The van der Waals surface area contributed by atoms with Crippen LogP contribution >= 0.6 is 11.8 Å². The van der Waals surface area contributed by atoms with Gasteiger partial charge < -0.3 is 156 Å². The zero-order chi connectivity index (χ0) is 85.1. The molecule has 5 aliphatic rings. The third-order valence-corrected chi connectivity index (χ3v) is 19.6. The SMILES string of the molecule is C.C.C.C.C.C=C(C)C(=O)CCCCOC1OC(CO)C(O)C(O)C1O.C=CC(=O)CCCCOC1OC(CO)C(O)C(O)C1O.NCCCCCCC(=O)CCCCSC1OC(CO)C(O)C(O)C1O.Nc1ccc(C(=O)CCCCOC2OC(CO)C(O)C(O)C2O)cc1.O=C(CCCCOC1OC(CO)C(O)C(O)C1O)C(F)(F)F. The molecule has 696 valence electrons. The summed E-state index contributed by atoms with van der Waals surface area (Å²) in [5, 5.41) is 190. The highest BCUT2D eigenvalue weighted by Gasteiger charge is 2.48. The van der Waals surface area contributed by atoms with Crippen molar-refractivity contribution in [3.8, 4) is 0 Å². The van der Waals surface area contributed by atoms with Crippen molar-refractivity contribution >= 4 is 46.4 Å². The van der Waals surface area contributed by atoms with Crippen molar-refractivity contribution in [2.45, 2.75) is 331 Å². The van der Waals surface area contributed by atoms with Crippen LogP contribution < -0.4 is 11.5 Å². The second kappa shape index (κ2) is 65.4. The Balaban J connectivity index is -0.000000683. The van der Waals surface area contributed by atoms with E-state index in [0.717, 1.165) is 38.5 Å². The normalized spacial score (nSPS) is 30.3. The number of nitrogen functional groups attached to an aromatic ring is 1. The number of ketones is 5. The number of aliphatic hydroxyl groups excluding tert-OH is 20. The van der Waals surface area contributed by atoms with Gasteiger partial charge in [-0.05, 0) is 132 Å². The number of allylic oxidation sites excluding steroid dienone is 2. The number of halogens is 3. The highest BCUT2D eigenvalue weighted by atomic mass is 32.2. The Morgan fingerprint density at radius 3 is 1.08 bits per heavy atom. The molecular formula is C78H143F3N2O34S. The number of nitrogens with two attached hydrogens (primary N) is 2. The van der Waals surface area contributed by atoms with E-state index in [1.807, 2.05) is 0 Å². The van der Waals surface area contributed by atoms with E-state index in [1.165, 1.54) is 17.8 Å². The van der Waals surface area contributed by atoms with Crippen LogP contribution in [0.25, 0.3) is 0 Å². The number of thioether (sulfide) groups is 1. The van der Waals surface area contributed by atoms with Crippen LogP contribution in [0.15, 0.2) is 49.1 Å². The molecule has 25 atom stereocenters. The number of unbranched alkanes of at least 4 members (excludes halogenated alkanes) is 8. The largest absolute Gasteiger partial charge is 0.449 e. The molecule has 5 aliphatic heterocycles. The predicted molar refractivity (Wildman–Crippen MR) is 426 cm³/mol. The highest BCUT2D eigenvalue weighted by Crippen LogP contribution is 2.31. The summed E-state index contributed by atoms with van der Waals surface area (Å²) >= 11 is 1.33. The van der Waals surface area contributed by atoms with E-state index in [2.05, 4.69) is 13.2 Å². The molecule has 24 N–H and O–H groups in total. The number of Topliss-reactive ketones (excluding diaryl/α,β-unsaturated/α-hetero) is 4. The summed E-state index contributed by atoms with van der Waals surface area (Å²) in [6.45, 7) is 7.35. The fourth-order valence-electron chi connectivity index (χ4n) is 11.2. The van der Waals surface area contributed by atoms with Crippen LogP contribution in [-0.4, -0.2) is 362 Å². The third-order valence-electron chi connectivity index (χ3n) is 18.4. The summed E-state index contributed by atoms with van der Waals surface area (Å²) in [6, 6.07) is 6.72. The van der Waals surface area contributed by atoms with Crippen LogP contribution in [0.2, 0.25) is 0 Å². The monoisotopic (exact) mass is 1740 g/mol. The molecule has 118 heavy (non-hydrogen) atoms. The van der Waals surface area contributed by atoms with Crippen molar-refractivity contribution in [3.63, 3.8) is 0 Å². The maximum absolute atomic E-state index is 12.0. The second-order valence-electron chi connectivity index (χ2n) is 27.5. The number of hydrogen-bond donors (Lipinski definition) is 22. The summed E-state index contributed by atoms with van der Waals surface area (Å²) in [4.78, 5) is 56.7. The molecule has 40 heteroatoms. The summed E-state index contributed by atoms with van der Waals surface area (Å²) in [5.41, 5.74) is 12.0. The van der Waals surface area contributed by atoms with Gasteiger partial charge in [0.2, 0.25) is 5.78 Å². The fourth-order valence-corrected chi connectivity index (χ4v) is 12.4. The van der Waals surface area contributed by atoms with Gasteiger partial charge in [-0.25, -0.2) is 0 Å². The second-order valence-corrected chi connectivity index (χ2v) is 28.7. The first-order chi connectivity index (χ1) is 53.5. The predicted octanol–water partition coefficient (Wildman–Crippen LogP) is -0.262. The summed E-state index contributed by atoms with van der Waals surface area (Å²) in [7, 11) is 0. The molecule has 5 saturated heterocycles. The molecule has 1 aromatic rings. The Hall–Kier alpha value is -4.21. The number of ether oxygens (including phenoxy) is 9. The molecule has 0 bridgehead atoms. The Morgan fingerprint density at radius 1 is 0.424 bits per heavy atom. The Kier molecular flexibility index (Phi) is 66.6. The number of benzene rings is 1. The lowest BCUT2D eigenvalue weighted by atomic mass is 9.99. The van der Waals surface area contributed by atoms with Crippen molar-refractivity contribution in [3.05, 3.63) is 54.6 Å². The first kappa shape index (κ1) is 120. The third kappa shape index (κ3) is 42.9. The van der Waals surface area contributed by atoms with Crippen molar-refractivity contribution in [1.82, 2.24) is 0 Å². The van der Waals surface area contributed by atoms with Crippen LogP contribution in [0, 0.1) is 0 Å².